The van der Waals surface area contributed by atoms with Gasteiger partial charge in [-0.3, -0.25) is 0 Å². The SMILES string of the molecule is [NH2][Cd]([NH2])([Cl])[Cl]. The summed E-state index contributed by atoms with van der Waals surface area (Å²) < 4.78 is 9.79. The number of halogens is 2. The van der Waals surface area contributed by atoms with Gasteiger partial charge in [-0.25, -0.2) is 0 Å². The van der Waals surface area contributed by atoms with Crippen molar-refractivity contribution >= 4 is 16.6 Å². The summed E-state index contributed by atoms with van der Waals surface area (Å²) in [6, 6.07) is 0. The molecule has 5 heavy (non-hydrogen) atoms. The summed E-state index contributed by atoms with van der Waals surface area (Å²) >= 11 is -3.40. The number of nitrogens with two attached hydrogens (primary N) is 2. The topological polar surface area (TPSA) is 52.0 Å². The number of rotatable bonds is 0. The Labute approximate surface area is 42.9 Å². The van der Waals surface area contributed by atoms with E-state index in [1.54, 1.807) is 0 Å². The van der Waals surface area contributed by atoms with Crippen LogP contribution in [0.4, 0.5) is 0 Å². The normalized spacial score (nSPS) is 8.80. The minimum atomic E-state index is -3.40. The van der Waals surface area contributed by atoms with Crippen LogP contribution in [0.5, 0.6) is 0 Å². The maximum absolute atomic E-state index is 5.08. The van der Waals surface area contributed by atoms with E-state index < -0.39 is 19.3 Å². The molecule has 0 aromatic carbocycles. The second kappa shape index (κ2) is 1.92. The molecule has 4 N–H and O–H groups in total. The van der Waals surface area contributed by atoms with Crippen LogP contribution in [0, 0.1) is 0 Å². The molecule has 0 spiro atoms. The summed E-state index contributed by atoms with van der Waals surface area (Å²) in [6.07, 6.45) is 0. The van der Waals surface area contributed by atoms with Gasteiger partial charge >= 0.3 is 43.0 Å². The van der Waals surface area contributed by atoms with Gasteiger partial charge in [0.2, 0.25) is 0 Å². The predicted molar refractivity (Wildman–Crippen MR) is 20.1 cm³/mol. The van der Waals surface area contributed by atoms with E-state index in [4.69, 9.17) is 23.7 Å². The van der Waals surface area contributed by atoms with Gasteiger partial charge in [0.15, 0.2) is 0 Å². The zero-order valence-electron chi connectivity index (χ0n) is 2.62. The first-order chi connectivity index (χ1) is 2.00. The molecule has 30 valence electrons. The molecule has 0 radical (unpaired) electrons. The maximum atomic E-state index is 5.08. The first-order valence-electron chi connectivity index (χ1n) is 1.35. The van der Waals surface area contributed by atoms with E-state index in [0.717, 1.165) is 0 Å². The molecule has 0 amide bonds. The second-order valence-corrected chi connectivity index (χ2v) is 20.1. The second-order valence-electron chi connectivity index (χ2n) is 0.954. The van der Waals surface area contributed by atoms with Gasteiger partial charge in [-0.2, -0.15) is 0 Å². The molecule has 0 rings (SSSR count). The van der Waals surface area contributed by atoms with Crippen LogP contribution in [0.3, 0.4) is 0 Å². The van der Waals surface area contributed by atoms with E-state index in [1.807, 2.05) is 0 Å². The Kier molecular flexibility index (Phi) is 2.47. The van der Waals surface area contributed by atoms with Crippen molar-refractivity contribution in [3.05, 3.63) is 0 Å². The van der Waals surface area contributed by atoms with Crippen LogP contribution < -0.4 is 7.09 Å². The van der Waals surface area contributed by atoms with Crippen molar-refractivity contribution in [3.63, 3.8) is 0 Å². The summed E-state index contributed by atoms with van der Waals surface area (Å²) in [7, 11) is 10.2. The van der Waals surface area contributed by atoms with Gasteiger partial charge in [0.05, 0.1) is 0 Å². The van der Waals surface area contributed by atoms with Crippen molar-refractivity contribution in [2.24, 2.45) is 7.09 Å². The van der Waals surface area contributed by atoms with Gasteiger partial charge < -0.3 is 0 Å². The van der Waals surface area contributed by atoms with Crippen molar-refractivity contribution in [3.8, 4) is 0 Å². The molecule has 0 bridgehead atoms. The molecule has 0 heterocycles. The van der Waals surface area contributed by atoms with Crippen molar-refractivity contribution in [1.82, 2.24) is 0 Å². The zero-order chi connectivity index (χ0) is 4.50. The minimum absolute atomic E-state index is 3.40. The van der Waals surface area contributed by atoms with Crippen LogP contribution in [0.15, 0.2) is 0 Å². The Morgan fingerprint density at radius 3 is 1.20 bits per heavy atom. The Balaban J connectivity index is 3.02. The first kappa shape index (κ1) is 6.42. The fourth-order valence-corrected chi connectivity index (χ4v) is 0. The Morgan fingerprint density at radius 2 is 1.20 bits per heavy atom. The molecule has 0 aliphatic rings. The van der Waals surface area contributed by atoms with Crippen LogP contribution in [-0.2, 0) is 19.3 Å². The van der Waals surface area contributed by atoms with Crippen molar-refractivity contribution in [1.29, 1.82) is 0 Å². The van der Waals surface area contributed by atoms with Crippen LogP contribution in [0.25, 0.3) is 0 Å². The molecule has 0 aliphatic carbocycles. The molecule has 0 aromatic heterocycles. The van der Waals surface area contributed by atoms with Gasteiger partial charge in [0.25, 0.3) is 0 Å². The quantitative estimate of drug-likeness (QED) is 0.567. The number of hydrogen-bond acceptors (Lipinski definition) is 2. The molecule has 2 nitrogen and oxygen atoms in total. The third-order valence-electron chi connectivity index (χ3n) is 0. The van der Waals surface area contributed by atoms with Crippen LogP contribution in [0.2, 0.25) is 0 Å². The van der Waals surface area contributed by atoms with Gasteiger partial charge in [0.1, 0.15) is 0 Å². The van der Waals surface area contributed by atoms with E-state index in [1.165, 1.54) is 0 Å². The van der Waals surface area contributed by atoms with Gasteiger partial charge in [0, 0.05) is 0 Å². The Hall–Kier alpha value is 1.42. The molecule has 5 heteroatoms. The molecule has 0 unspecified atom stereocenters. The molecular formula is H4CdCl2N2. The monoisotopic (exact) mass is 216 g/mol. The average molecular weight is 215 g/mol. The molecule has 0 atom stereocenters. The summed E-state index contributed by atoms with van der Waals surface area (Å²) in [4.78, 5) is 0. The van der Waals surface area contributed by atoms with E-state index in [9.17, 15) is 0 Å². The Morgan fingerprint density at radius 1 is 1.20 bits per heavy atom. The zero-order valence-corrected chi connectivity index (χ0v) is 8.17. The predicted octanol–water partition coefficient (Wildman–Crippen LogP) is 0.195. The third-order valence-corrected chi connectivity index (χ3v) is 0. The molecular weight excluding hydrogens is 211 g/mol. The fourth-order valence-electron chi connectivity index (χ4n) is 0. The standard InChI is InChI=1S/Cd.2ClH.2H2N/h;2*1H;2*1H2/q+4;;;2*-1/p-2. The van der Waals surface area contributed by atoms with Crippen LogP contribution in [-0.4, -0.2) is 0 Å². The summed E-state index contributed by atoms with van der Waals surface area (Å²) in [5, 5.41) is 0. The van der Waals surface area contributed by atoms with Gasteiger partial charge in [-0.15, -0.1) is 0 Å². The van der Waals surface area contributed by atoms with E-state index in [2.05, 4.69) is 0 Å². The molecule has 0 aromatic rings. The van der Waals surface area contributed by atoms with Crippen molar-refractivity contribution < 1.29 is 19.3 Å². The first-order valence-corrected chi connectivity index (χ1v) is 16.2. The van der Waals surface area contributed by atoms with E-state index >= 15 is 0 Å². The molecule has 0 saturated heterocycles. The number of hydrogen-bond donors (Lipinski definition) is 2. The Bertz CT molecular complexity index is 23.1. The van der Waals surface area contributed by atoms with Crippen molar-refractivity contribution in [2.45, 2.75) is 0 Å². The average Bonchev–Trinajstić information content (AvgIpc) is 0.722. The summed E-state index contributed by atoms with van der Waals surface area (Å²) in [5.41, 5.74) is 0. The fraction of sp³-hybridized carbons (Fsp3) is 0. The van der Waals surface area contributed by atoms with Crippen LogP contribution in [0.1, 0.15) is 0 Å². The van der Waals surface area contributed by atoms with E-state index in [0.29, 0.717) is 0 Å². The summed E-state index contributed by atoms with van der Waals surface area (Å²) in [6.45, 7) is 0. The molecule has 0 fully saturated rings. The summed E-state index contributed by atoms with van der Waals surface area (Å²) in [5.74, 6) is 0. The van der Waals surface area contributed by atoms with E-state index in [-0.39, 0.29) is 0 Å². The third kappa shape index (κ3) is 31.4. The van der Waals surface area contributed by atoms with Crippen molar-refractivity contribution in [2.75, 3.05) is 0 Å². The molecule has 0 saturated carbocycles. The van der Waals surface area contributed by atoms with Crippen LogP contribution >= 0.6 is 16.6 Å². The van der Waals surface area contributed by atoms with Gasteiger partial charge in [-0.1, -0.05) is 0 Å². The molecule has 0 aliphatic heterocycles. The van der Waals surface area contributed by atoms with Gasteiger partial charge in [-0.05, 0) is 0 Å².